The van der Waals surface area contributed by atoms with E-state index >= 15 is 0 Å². The van der Waals surface area contributed by atoms with E-state index in [1.165, 1.54) is 5.56 Å². The molecule has 33 heavy (non-hydrogen) atoms. The molecule has 1 N–H and O–H groups in total. The quantitative estimate of drug-likeness (QED) is 0.263. The molecule has 4 rings (SSSR count). The highest BCUT2D eigenvalue weighted by Crippen LogP contribution is 2.26. The van der Waals surface area contributed by atoms with E-state index in [0.717, 1.165) is 28.2 Å². The van der Waals surface area contributed by atoms with Gasteiger partial charge >= 0.3 is 0 Å². The van der Waals surface area contributed by atoms with Crippen molar-refractivity contribution in [1.29, 1.82) is 5.26 Å². The van der Waals surface area contributed by atoms with Crippen LogP contribution in [-0.4, -0.2) is 10.5 Å². The summed E-state index contributed by atoms with van der Waals surface area (Å²) in [6, 6.07) is 29.3. The minimum absolute atomic E-state index is 0.0321. The van der Waals surface area contributed by atoms with Crippen molar-refractivity contribution in [1.82, 2.24) is 4.57 Å². The third-order valence-corrected chi connectivity index (χ3v) is 5.72. The zero-order valence-electron chi connectivity index (χ0n) is 18.3. The smallest absolute Gasteiger partial charge is 0.266 e. The highest BCUT2D eigenvalue weighted by Gasteiger charge is 2.14. The van der Waals surface area contributed by atoms with Crippen LogP contribution < -0.4 is 5.32 Å². The molecule has 1 amide bonds. The number of hydrogen-bond acceptors (Lipinski definition) is 2. The molecule has 0 radical (unpaired) electrons. The molecule has 0 bridgehead atoms. The molecule has 0 saturated heterocycles. The lowest BCUT2D eigenvalue weighted by molar-refractivity contribution is -0.112. The van der Waals surface area contributed by atoms with E-state index < -0.39 is 5.91 Å². The van der Waals surface area contributed by atoms with Crippen LogP contribution in [0.25, 0.3) is 22.9 Å². The fourth-order valence-corrected chi connectivity index (χ4v) is 3.93. The number of carbonyl (C=O) groups is 1. The van der Waals surface area contributed by atoms with Gasteiger partial charge in [0.2, 0.25) is 0 Å². The van der Waals surface area contributed by atoms with E-state index in [0.29, 0.717) is 10.7 Å². The molecule has 0 spiro atoms. The van der Waals surface area contributed by atoms with Gasteiger partial charge in [0.1, 0.15) is 11.6 Å². The molecule has 0 aliphatic rings. The Labute approximate surface area is 198 Å². The molecule has 0 aliphatic heterocycles. The van der Waals surface area contributed by atoms with E-state index in [4.69, 9.17) is 11.6 Å². The van der Waals surface area contributed by atoms with E-state index in [-0.39, 0.29) is 5.57 Å². The first-order valence-electron chi connectivity index (χ1n) is 10.5. The maximum atomic E-state index is 12.6. The fourth-order valence-electron chi connectivity index (χ4n) is 3.80. The minimum Gasteiger partial charge on any atom is -0.321 e. The van der Waals surface area contributed by atoms with Crippen LogP contribution in [0.15, 0.2) is 90.5 Å². The number of nitrogens with one attached hydrogen (secondary N) is 1. The summed E-state index contributed by atoms with van der Waals surface area (Å²) in [5.41, 5.74) is 6.73. The number of carbonyl (C=O) groups excluding carboxylic acids is 1. The summed E-state index contributed by atoms with van der Waals surface area (Å²) in [6.45, 7) is 3.99. The molecule has 0 fully saturated rings. The molecule has 4 aromatic rings. The van der Waals surface area contributed by atoms with Gasteiger partial charge in [0, 0.05) is 27.8 Å². The van der Waals surface area contributed by atoms with Gasteiger partial charge in [-0.15, -0.1) is 0 Å². The van der Waals surface area contributed by atoms with Crippen molar-refractivity contribution in [3.63, 3.8) is 0 Å². The van der Waals surface area contributed by atoms with Gasteiger partial charge in [-0.25, -0.2) is 0 Å². The predicted molar refractivity (Wildman–Crippen MR) is 134 cm³/mol. The van der Waals surface area contributed by atoms with E-state index in [9.17, 15) is 10.1 Å². The number of nitriles is 1. The zero-order valence-corrected chi connectivity index (χ0v) is 19.1. The van der Waals surface area contributed by atoms with Crippen LogP contribution in [0.1, 0.15) is 17.0 Å². The Morgan fingerprint density at radius 1 is 0.939 bits per heavy atom. The normalized spacial score (nSPS) is 11.2. The molecule has 1 aromatic heterocycles. The van der Waals surface area contributed by atoms with Crippen molar-refractivity contribution in [2.45, 2.75) is 13.8 Å². The molecule has 0 aliphatic carbocycles. The molecule has 5 heteroatoms. The lowest BCUT2D eigenvalue weighted by Gasteiger charge is -2.11. The highest BCUT2D eigenvalue weighted by atomic mass is 35.5. The number of halogens is 1. The van der Waals surface area contributed by atoms with Gasteiger partial charge in [0.15, 0.2) is 0 Å². The van der Waals surface area contributed by atoms with Crippen molar-refractivity contribution in [2.24, 2.45) is 0 Å². The van der Waals surface area contributed by atoms with Gasteiger partial charge in [0.05, 0.1) is 0 Å². The second kappa shape index (κ2) is 9.60. The number of hydrogen-bond donors (Lipinski definition) is 1. The maximum absolute atomic E-state index is 12.6. The van der Waals surface area contributed by atoms with Crippen LogP contribution in [0, 0.1) is 25.2 Å². The van der Waals surface area contributed by atoms with Crippen molar-refractivity contribution in [3.8, 4) is 22.9 Å². The summed E-state index contributed by atoms with van der Waals surface area (Å²) < 4.78 is 2.12. The largest absolute Gasteiger partial charge is 0.321 e. The Bertz CT molecular complexity index is 1360. The second-order valence-electron chi connectivity index (χ2n) is 7.71. The van der Waals surface area contributed by atoms with Gasteiger partial charge in [-0.2, -0.15) is 5.26 Å². The van der Waals surface area contributed by atoms with Crippen molar-refractivity contribution in [2.75, 3.05) is 5.32 Å². The first-order valence-corrected chi connectivity index (χ1v) is 10.9. The standard InChI is InChI=1S/C28H22ClN3O/c1-19-16-23(17-24(18-30)28(33)31-26-12-10-25(29)11-13-26)20(2)32(19)27-14-8-22(9-15-27)21-6-4-3-5-7-21/h3-17H,1-2H3,(H,31,33)/b24-17+. The first-order chi connectivity index (χ1) is 16.0. The van der Waals surface area contributed by atoms with Crippen LogP contribution in [0.4, 0.5) is 5.69 Å². The van der Waals surface area contributed by atoms with Gasteiger partial charge < -0.3 is 9.88 Å². The van der Waals surface area contributed by atoms with Crippen molar-refractivity contribution >= 4 is 29.3 Å². The SMILES string of the molecule is Cc1cc(/C=C(\C#N)C(=O)Nc2ccc(Cl)cc2)c(C)n1-c1ccc(-c2ccccc2)cc1. The van der Waals surface area contributed by atoms with Gasteiger partial charge in [-0.3, -0.25) is 4.79 Å². The van der Waals surface area contributed by atoms with Crippen LogP contribution in [-0.2, 0) is 4.79 Å². The van der Waals surface area contributed by atoms with E-state index in [1.54, 1.807) is 30.3 Å². The molecule has 0 unspecified atom stereocenters. The lowest BCUT2D eigenvalue weighted by Crippen LogP contribution is -2.13. The Morgan fingerprint density at radius 3 is 2.21 bits per heavy atom. The van der Waals surface area contributed by atoms with Crippen LogP contribution in [0.2, 0.25) is 5.02 Å². The Hall–Kier alpha value is -4.07. The lowest BCUT2D eigenvalue weighted by atomic mass is 10.1. The Kier molecular flexibility index (Phi) is 6.44. The minimum atomic E-state index is -0.461. The number of amides is 1. The maximum Gasteiger partial charge on any atom is 0.266 e. The van der Waals surface area contributed by atoms with Gasteiger partial charge in [-0.1, -0.05) is 54.1 Å². The average molecular weight is 452 g/mol. The predicted octanol–water partition coefficient (Wildman–Crippen LogP) is 6.96. The first kappa shape index (κ1) is 22.1. The number of rotatable bonds is 5. The summed E-state index contributed by atoms with van der Waals surface area (Å²) in [7, 11) is 0. The summed E-state index contributed by atoms with van der Waals surface area (Å²) >= 11 is 5.89. The van der Waals surface area contributed by atoms with Crippen molar-refractivity contribution < 1.29 is 4.79 Å². The van der Waals surface area contributed by atoms with Crippen LogP contribution in [0.3, 0.4) is 0 Å². The molecular weight excluding hydrogens is 430 g/mol. The fraction of sp³-hybridized carbons (Fsp3) is 0.0714. The summed E-state index contributed by atoms with van der Waals surface area (Å²) in [5, 5.41) is 12.9. The van der Waals surface area contributed by atoms with Gasteiger partial charge in [0.25, 0.3) is 5.91 Å². The zero-order chi connectivity index (χ0) is 23.4. The third kappa shape index (κ3) is 4.90. The average Bonchev–Trinajstić information content (AvgIpc) is 3.12. The van der Waals surface area contributed by atoms with Gasteiger partial charge in [-0.05, 0) is 79.1 Å². The Morgan fingerprint density at radius 2 is 1.58 bits per heavy atom. The molecule has 0 saturated carbocycles. The van der Waals surface area contributed by atoms with E-state index in [1.807, 2.05) is 44.2 Å². The third-order valence-electron chi connectivity index (χ3n) is 5.47. The summed E-state index contributed by atoms with van der Waals surface area (Å²) in [5.74, 6) is -0.461. The summed E-state index contributed by atoms with van der Waals surface area (Å²) in [4.78, 5) is 12.6. The summed E-state index contributed by atoms with van der Waals surface area (Å²) in [6.07, 6.45) is 1.63. The molecule has 1 heterocycles. The molecule has 162 valence electrons. The van der Waals surface area contributed by atoms with E-state index in [2.05, 4.69) is 46.3 Å². The molecular formula is C28H22ClN3O. The molecule has 4 nitrogen and oxygen atoms in total. The Balaban J connectivity index is 1.61. The van der Waals surface area contributed by atoms with Crippen LogP contribution in [0.5, 0.6) is 0 Å². The van der Waals surface area contributed by atoms with Crippen molar-refractivity contribution in [3.05, 3.63) is 112 Å². The second-order valence-corrected chi connectivity index (χ2v) is 8.14. The number of aromatic nitrogens is 1. The number of nitrogens with zero attached hydrogens (tertiary/aromatic N) is 2. The highest BCUT2D eigenvalue weighted by molar-refractivity contribution is 6.30. The topological polar surface area (TPSA) is 57.8 Å². The number of anilines is 1. The number of aryl methyl sites for hydroxylation is 1. The monoisotopic (exact) mass is 451 g/mol. The molecule has 0 atom stereocenters. The van der Waals surface area contributed by atoms with Crippen LogP contribution >= 0.6 is 11.6 Å². The number of benzene rings is 3. The molecule has 3 aromatic carbocycles.